The molecule has 0 atom stereocenters. The van der Waals surface area contributed by atoms with Crippen LogP contribution in [0.5, 0.6) is 0 Å². The Morgan fingerprint density at radius 1 is 1.50 bits per heavy atom. The molecule has 2 N–H and O–H groups in total. The number of amides is 1. The van der Waals surface area contributed by atoms with Crippen LogP contribution in [0, 0.1) is 10.1 Å². The van der Waals surface area contributed by atoms with Crippen molar-refractivity contribution in [1.82, 2.24) is 20.6 Å². The molecule has 0 aliphatic heterocycles. The van der Waals surface area contributed by atoms with Gasteiger partial charge in [-0.2, -0.15) is 5.21 Å². The molecule has 92 valence electrons. The van der Waals surface area contributed by atoms with Crippen molar-refractivity contribution in [3.8, 4) is 0 Å². The van der Waals surface area contributed by atoms with Gasteiger partial charge in [0.15, 0.2) is 0 Å². The van der Waals surface area contributed by atoms with Crippen molar-refractivity contribution in [2.24, 2.45) is 0 Å². The third kappa shape index (κ3) is 2.40. The van der Waals surface area contributed by atoms with Crippen molar-refractivity contribution in [3.05, 3.63) is 39.2 Å². The molecule has 0 aliphatic carbocycles. The highest BCUT2D eigenvalue weighted by atomic mass is 35.5. The molecule has 1 heterocycles. The monoisotopic (exact) mass is 268 g/mol. The zero-order chi connectivity index (χ0) is 13.1. The number of nitro benzene ring substituents is 1. The van der Waals surface area contributed by atoms with Crippen LogP contribution in [-0.2, 0) is 0 Å². The topological polar surface area (TPSA) is 127 Å². The summed E-state index contributed by atoms with van der Waals surface area (Å²) < 4.78 is 0. The lowest BCUT2D eigenvalue weighted by molar-refractivity contribution is -0.383. The fourth-order valence-electron chi connectivity index (χ4n) is 1.20. The van der Waals surface area contributed by atoms with Crippen molar-refractivity contribution < 1.29 is 9.72 Å². The lowest BCUT2D eigenvalue weighted by Crippen LogP contribution is -2.14. The first-order valence-electron chi connectivity index (χ1n) is 4.56. The Morgan fingerprint density at radius 2 is 2.28 bits per heavy atom. The van der Waals surface area contributed by atoms with Crippen LogP contribution in [0.2, 0.25) is 5.02 Å². The summed E-state index contributed by atoms with van der Waals surface area (Å²) in [5.41, 5.74) is -0.321. The van der Waals surface area contributed by atoms with Gasteiger partial charge in [-0.1, -0.05) is 11.6 Å². The van der Waals surface area contributed by atoms with Crippen LogP contribution < -0.4 is 5.32 Å². The number of nitro groups is 1. The molecule has 0 saturated heterocycles. The highest BCUT2D eigenvalue weighted by molar-refractivity contribution is 6.31. The Morgan fingerprint density at radius 3 is 2.89 bits per heavy atom. The molecule has 9 nitrogen and oxygen atoms in total. The van der Waals surface area contributed by atoms with Crippen molar-refractivity contribution in [3.63, 3.8) is 0 Å². The van der Waals surface area contributed by atoms with E-state index in [0.717, 1.165) is 6.07 Å². The molecule has 0 radical (unpaired) electrons. The Hall–Kier alpha value is -2.55. The summed E-state index contributed by atoms with van der Waals surface area (Å²) in [5, 5.41) is 25.5. The summed E-state index contributed by atoms with van der Waals surface area (Å²) in [7, 11) is 0. The van der Waals surface area contributed by atoms with Crippen LogP contribution in [-0.4, -0.2) is 31.5 Å². The molecule has 2 aromatic rings. The van der Waals surface area contributed by atoms with Gasteiger partial charge in [-0.25, -0.2) is 0 Å². The second kappa shape index (κ2) is 4.75. The van der Waals surface area contributed by atoms with Gasteiger partial charge in [-0.05, 0) is 17.3 Å². The van der Waals surface area contributed by atoms with Crippen LogP contribution in [0.15, 0.2) is 18.2 Å². The first-order valence-corrected chi connectivity index (χ1v) is 4.94. The zero-order valence-electron chi connectivity index (χ0n) is 8.62. The minimum atomic E-state index is -0.714. The largest absolute Gasteiger partial charge is 0.313 e. The molecule has 0 fully saturated rings. The number of halogens is 1. The molecule has 1 aromatic carbocycles. The molecule has 0 saturated carbocycles. The number of nitrogens with one attached hydrogen (secondary N) is 2. The standard InChI is InChI=1S/C8H5ClN6O3/c9-4-1-2-5(6(3-4)15(17)18)10-8(16)7-11-13-14-12-7/h1-3H,(H,10,16)(H,11,12,13,14). The van der Waals surface area contributed by atoms with E-state index in [1.54, 1.807) is 0 Å². The highest BCUT2D eigenvalue weighted by Crippen LogP contribution is 2.27. The van der Waals surface area contributed by atoms with Crippen molar-refractivity contribution in [2.75, 3.05) is 5.32 Å². The third-order valence-corrected chi connectivity index (χ3v) is 2.19. The molecule has 0 unspecified atom stereocenters. The van der Waals surface area contributed by atoms with E-state index in [9.17, 15) is 14.9 Å². The minimum absolute atomic E-state index is 0.000741. The van der Waals surface area contributed by atoms with Gasteiger partial charge >= 0.3 is 0 Å². The van der Waals surface area contributed by atoms with Gasteiger partial charge in [0.05, 0.1) is 4.92 Å². The van der Waals surface area contributed by atoms with Gasteiger partial charge in [0, 0.05) is 11.1 Å². The first kappa shape index (κ1) is 11.9. The molecule has 10 heteroatoms. The van der Waals surface area contributed by atoms with E-state index >= 15 is 0 Å². The SMILES string of the molecule is O=C(Nc1ccc(Cl)cc1[N+](=O)[O-])c1nn[nH]n1. The van der Waals surface area contributed by atoms with Gasteiger partial charge in [0.2, 0.25) is 0 Å². The maximum atomic E-state index is 11.6. The molecule has 2 rings (SSSR count). The Balaban J connectivity index is 2.29. The van der Waals surface area contributed by atoms with Crippen LogP contribution in [0.4, 0.5) is 11.4 Å². The van der Waals surface area contributed by atoms with Crippen molar-refractivity contribution in [1.29, 1.82) is 0 Å². The molecule has 1 aromatic heterocycles. The van der Waals surface area contributed by atoms with E-state index in [-0.39, 0.29) is 22.2 Å². The lowest BCUT2D eigenvalue weighted by atomic mass is 10.2. The number of hydrogen-bond donors (Lipinski definition) is 2. The number of nitrogens with zero attached hydrogens (tertiary/aromatic N) is 4. The van der Waals surface area contributed by atoms with Gasteiger partial charge in [-0.3, -0.25) is 14.9 Å². The van der Waals surface area contributed by atoms with Crippen LogP contribution >= 0.6 is 11.6 Å². The Labute approximate surface area is 104 Å². The normalized spacial score (nSPS) is 10.1. The Kier molecular flexibility index (Phi) is 3.15. The number of tetrazole rings is 1. The van der Waals surface area contributed by atoms with E-state index in [1.165, 1.54) is 12.1 Å². The predicted octanol–water partition coefficient (Wildman–Crippen LogP) is 1.01. The van der Waals surface area contributed by atoms with Gasteiger partial charge in [0.1, 0.15) is 5.69 Å². The van der Waals surface area contributed by atoms with Gasteiger partial charge in [0.25, 0.3) is 17.4 Å². The molecule has 18 heavy (non-hydrogen) atoms. The van der Waals surface area contributed by atoms with Gasteiger partial charge in [-0.15, -0.1) is 10.2 Å². The number of aromatic nitrogens is 4. The first-order chi connectivity index (χ1) is 8.58. The zero-order valence-corrected chi connectivity index (χ0v) is 9.38. The summed E-state index contributed by atoms with van der Waals surface area (Å²) in [6.07, 6.45) is 0. The molecular formula is C8H5ClN6O3. The fourth-order valence-corrected chi connectivity index (χ4v) is 1.36. The van der Waals surface area contributed by atoms with Crippen LogP contribution in [0.25, 0.3) is 0 Å². The lowest BCUT2D eigenvalue weighted by Gasteiger charge is -2.03. The molecular weight excluding hydrogens is 264 g/mol. The number of carbonyl (C=O) groups is 1. The summed E-state index contributed by atoms with van der Waals surface area (Å²) in [6, 6.07) is 3.87. The van der Waals surface area contributed by atoms with Crippen LogP contribution in [0.1, 0.15) is 10.6 Å². The van der Waals surface area contributed by atoms with E-state index in [1.807, 2.05) is 0 Å². The number of benzene rings is 1. The second-order valence-electron chi connectivity index (χ2n) is 3.11. The predicted molar refractivity (Wildman–Crippen MR) is 60.2 cm³/mol. The minimum Gasteiger partial charge on any atom is -0.313 e. The highest BCUT2D eigenvalue weighted by Gasteiger charge is 2.19. The van der Waals surface area contributed by atoms with E-state index < -0.39 is 10.8 Å². The second-order valence-corrected chi connectivity index (χ2v) is 3.54. The third-order valence-electron chi connectivity index (χ3n) is 1.95. The van der Waals surface area contributed by atoms with Crippen molar-refractivity contribution in [2.45, 2.75) is 0 Å². The average molecular weight is 269 g/mol. The summed E-state index contributed by atoms with van der Waals surface area (Å²) in [6.45, 7) is 0. The summed E-state index contributed by atoms with van der Waals surface area (Å²) in [5.74, 6) is -0.937. The van der Waals surface area contributed by atoms with E-state index in [0.29, 0.717) is 0 Å². The number of hydrogen-bond acceptors (Lipinski definition) is 6. The van der Waals surface area contributed by atoms with Crippen molar-refractivity contribution >= 4 is 28.9 Å². The maximum Gasteiger partial charge on any atom is 0.297 e. The molecule has 1 amide bonds. The fraction of sp³-hybridized carbons (Fsp3) is 0. The Bertz CT molecular complexity index is 599. The van der Waals surface area contributed by atoms with E-state index in [2.05, 4.69) is 25.9 Å². The molecule has 0 aliphatic rings. The summed E-state index contributed by atoms with van der Waals surface area (Å²) >= 11 is 5.64. The number of carbonyl (C=O) groups excluding carboxylic acids is 1. The molecule has 0 spiro atoms. The maximum absolute atomic E-state index is 11.6. The molecule has 0 bridgehead atoms. The number of aromatic amines is 1. The van der Waals surface area contributed by atoms with E-state index in [4.69, 9.17) is 11.6 Å². The van der Waals surface area contributed by atoms with Gasteiger partial charge < -0.3 is 5.32 Å². The quantitative estimate of drug-likeness (QED) is 0.632. The number of H-pyrrole nitrogens is 1. The summed E-state index contributed by atoms with van der Waals surface area (Å²) in [4.78, 5) is 21.7. The number of anilines is 1. The average Bonchev–Trinajstić information content (AvgIpc) is 2.84. The smallest absolute Gasteiger partial charge is 0.297 e. The van der Waals surface area contributed by atoms with Crippen LogP contribution in [0.3, 0.4) is 0 Å². The number of rotatable bonds is 3.